The Balaban J connectivity index is 1.62. The van der Waals surface area contributed by atoms with Gasteiger partial charge in [0.05, 0.1) is 18.9 Å². The monoisotopic (exact) mass is 340 g/mol. The van der Waals surface area contributed by atoms with E-state index in [0.29, 0.717) is 17.6 Å². The summed E-state index contributed by atoms with van der Waals surface area (Å²) in [7, 11) is 3.74. The number of fused-ring (bicyclic) bond motifs is 3. The summed E-state index contributed by atoms with van der Waals surface area (Å²) in [6.45, 7) is 2.44. The minimum atomic E-state index is 0.223. The van der Waals surface area contributed by atoms with Crippen LogP contribution in [-0.2, 0) is 10.2 Å². The molecule has 1 N–H and O–H groups in total. The van der Waals surface area contributed by atoms with Crippen LogP contribution in [0.2, 0.25) is 0 Å². The van der Waals surface area contributed by atoms with Crippen LogP contribution in [0.3, 0.4) is 0 Å². The SMILES string of the molecule is COc1cccc2c1NC13CCC4(CC1)[C@H](OC)CCN1CC[C@]23[C@@H]14. The first-order valence-electron chi connectivity index (χ1n) is 9.93. The molecule has 0 aromatic heterocycles. The highest BCUT2D eigenvalue weighted by atomic mass is 16.5. The van der Waals surface area contributed by atoms with Crippen molar-refractivity contribution in [2.24, 2.45) is 5.41 Å². The van der Waals surface area contributed by atoms with Crippen molar-refractivity contribution in [3.8, 4) is 5.75 Å². The molecule has 2 bridgehead atoms. The van der Waals surface area contributed by atoms with Gasteiger partial charge < -0.3 is 14.8 Å². The average molecular weight is 340 g/mol. The molecule has 3 aliphatic carbocycles. The molecule has 0 radical (unpaired) electrons. The molecule has 4 nitrogen and oxygen atoms in total. The number of rotatable bonds is 2. The van der Waals surface area contributed by atoms with E-state index in [-0.39, 0.29) is 11.0 Å². The Bertz CT molecular complexity index is 739. The maximum absolute atomic E-state index is 6.11. The fourth-order valence-electron chi connectivity index (χ4n) is 7.99. The third-order valence-electron chi connectivity index (χ3n) is 8.75. The van der Waals surface area contributed by atoms with Crippen LogP contribution in [0.1, 0.15) is 44.1 Å². The quantitative estimate of drug-likeness (QED) is 0.897. The lowest BCUT2D eigenvalue weighted by Gasteiger charge is -2.68. The molecule has 0 amide bonds. The number of piperidine rings is 1. The maximum Gasteiger partial charge on any atom is 0.142 e. The smallest absolute Gasteiger partial charge is 0.142 e. The number of nitrogens with one attached hydrogen (secondary N) is 1. The summed E-state index contributed by atoms with van der Waals surface area (Å²) in [6.07, 6.45) is 8.06. The van der Waals surface area contributed by atoms with Crippen LogP contribution >= 0.6 is 0 Å². The number of hydrogen-bond donors (Lipinski definition) is 1. The number of anilines is 1. The van der Waals surface area contributed by atoms with Crippen LogP contribution in [0, 0.1) is 5.41 Å². The lowest BCUT2D eigenvalue weighted by atomic mass is 9.41. The Kier molecular flexibility index (Phi) is 2.69. The van der Waals surface area contributed by atoms with E-state index in [1.807, 2.05) is 7.11 Å². The molecule has 5 fully saturated rings. The topological polar surface area (TPSA) is 33.7 Å². The number of ether oxygens (including phenoxy) is 2. The van der Waals surface area contributed by atoms with Gasteiger partial charge in [-0.2, -0.15) is 0 Å². The van der Waals surface area contributed by atoms with E-state index in [9.17, 15) is 0 Å². The molecule has 25 heavy (non-hydrogen) atoms. The Labute approximate surface area is 149 Å². The fraction of sp³-hybridized carbons (Fsp3) is 0.714. The van der Waals surface area contributed by atoms with Crippen LogP contribution in [-0.4, -0.2) is 49.9 Å². The first-order valence-corrected chi connectivity index (χ1v) is 9.93. The summed E-state index contributed by atoms with van der Waals surface area (Å²) >= 11 is 0. The third-order valence-corrected chi connectivity index (χ3v) is 8.75. The summed E-state index contributed by atoms with van der Waals surface area (Å²) < 4.78 is 11.9. The van der Waals surface area contributed by atoms with Crippen molar-refractivity contribution in [2.45, 2.75) is 61.6 Å². The molecule has 1 aromatic carbocycles. The van der Waals surface area contributed by atoms with Gasteiger partial charge in [0.1, 0.15) is 5.75 Å². The highest BCUT2D eigenvalue weighted by Gasteiger charge is 2.77. The fourth-order valence-corrected chi connectivity index (χ4v) is 7.99. The Morgan fingerprint density at radius 3 is 2.68 bits per heavy atom. The van der Waals surface area contributed by atoms with Crippen molar-refractivity contribution in [1.82, 2.24) is 4.90 Å². The van der Waals surface area contributed by atoms with Crippen LogP contribution in [0.5, 0.6) is 5.75 Å². The standard InChI is InChI=1S/C21H28N2O2/c1-24-15-5-3-4-14-17(15)22-20-9-7-19(8-10-20)16(25-2)6-12-23-13-11-21(14,20)18(19)23/h3-5,16,18,22H,6-13H2,1-2H3/t16-,18+,19?,20?,21-/m1/s1. The van der Waals surface area contributed by atoms with Crippen molar-refractivity contribution >= 4 is 5.69 Å². The Morgan fingerprint density at radius 2 is 1.92 bits per heavy atom. The molecular formula is C21H28N2O2. The predicted octanol–water partition coefficient (Wildman–Crippen LogP) is 3.16. The molecule has 1 aromatic rings. The molecule has 6 aliphatic rings. The van der Waals surface area contributed by atoms with Gasteiger partial charge in [0, 0.05) is 36.1 Å². The molecular weight excluding hydrogens is 312 g/mol. The molecule has 0 unspecified atom stereocenters. The van der Waals surface area contributed by atoms with Crippen molar-refractivity contribution in [3.63, 3.8) is 0 Å². The van der Waals surface area contributed by atoms with E-state index < -0.39 is 0 Å². The number of methoxy groups -OCH3 is 2. The molecule has 2 saturated heterocycles. The molecule has 3 spiro atoms. The largest absolute Gasteiger partial charge is 0.495 e. The summed E-state index contributed by atoms with van der Waals surface area (Å²) in [5.41, 5.74) is 3.62. The highest BCUT2D eigenvalue weighted by molar-refractivity contribution is 5.74. The zero-order valence-corrected chi connectivity index (χ0v) is 15.3. The van der Waals surface area contributed by atoms with E-state index in [1.165, 1.54) is 62.9 Å². The molecule has 134 valence electrons. The van der Waals surface area contributed by atoms with Crippen molar-refractivity contribution in [1.29, 1.82) is 0 Å². The van der Waals surface area contributed by atoms with E-state index >= 15 is 0 Å². The van der Waals surface area contributed by atoms with Crippen LogP contribution in [0.15, 0.2) is 18.2 Å². The van der Waals surface area contributed by atoms with Crippen LogP contribution < -0.4 is 10.1 Å². The summed E-state index contributed by atoms with van der Waals surface area (Å²) in [5, 5.41) is 4.05. The first kappa shape index (κ1) is 14.9. The average Bonchev–Trinajstić information content (AvgIpc) is 3.20. The number of hydrogen-bond acceptors (Lipinski definition) is 4. The summed E-state index contributed by atoms with van der Waals surface area (Å²) in [4.78, 5) is 2.82. The normalized spacial score (nSPS) is 46.3. The molecule has 7 rings (SSSR count). The van der Waals surface area contributed by atoms with Gasteiger partial charge in [-0.15, -0.1) is 0 Å². The summed E-state index contributed by atoms with van der Waals surface area (Å²) in [5.74, 6) is 1.02. The maximum atomic E-state index is 6.11. The second-order valence-corrected chi connectivity index (χ2v) is 9.00. The molecule has 4 heteroatoms. The predicted molar refractivity (Wildman–Crippen MR) is 97.3 cm³/mol. The number of para-hydroxylation sites is 1. The van der Waals surface area contributed by atoms with Gasteiger partial charge >= 0.3 is 0 Å². The molecule has 3 atom stereocenters. The van der Waals surface area contributed by atoms with Gasteiger partial charge in [0.2, 0.25) is 0 Å². The third kappa shape index (κ3) is 1.39. The van der Waals surface area contributed by atoms with Crippen LogP contribution in [0.25, 0.3) is 0 Å². The van der Waals surface area contributed by atoms with Crippen LogP contribution in [0.4, 0.5) is 5.69 Å². The molecule has 3 heterocycles. The first-order chi connectivity index (χ1) is 12.2. The van der Waals surface area contributed by atoms with E-state index in [0.717, 1.165) is 5.75 Å². The zero-order chi connectivity index (χ0) is 16.9. The van der Waals surface area contributed by atoms with Gasteiger partial charge in [-0.05, 0) is 56.7 Å². The van der Waals surface area contributed by atoms with Gasteiger partial charge in [0.15, 0.2) is 0 Å². The number of benzene rings is 1. The van der Waals surface area contributed by atoms with Gasteiger partial charge in [-0.1, -0.05) is 12.1 Å². The van der Waals surface area contributed by atoms with Crippen molar-refractivity contribution in [2.75, 3.05) is 32.6 Å². The lowest BCUT2D eigenvalue weighted by Crippen LogP contribution is -2.75. The second kappa shape index (κ2) is 4.52. The Hall–Kier alpha value is -1.26. The lowest BCUT2D eigenvalue weighted by molar-refractivity contribution is -0.172. The molecule has 3 saturated carbocycles. The van der Waals surface area contributed by atoms with Gasteiger partial charge in [-0.25, -0.2) is 0 Å². The number of nitrogens with zero attached hydrogens (tertiary/aromatic N) is 1. The van der Waals surface area contributed by atoms with E-state index in [2.05, 4.69) is 28.4 Å². The minimum absolute atomic E-state index is 0.223. The van der Waals surface area contributed by atoms with E-state index in [1.54, 1.807) is 7.11 Å². The Morgan fingerprint density at radius 1 is 1.08 bits per heavy atom. The van der Waals surface area contributed by atoms with E-state index in [4.69, 9.17) is 9.47 Å². The second-order valence-electron chi connectivity index (χ2n) is 9.00. The van der Waals surface area contributed by atoms with Gasteiger partial charge in [0.25, 0.3) is 0 Å². The summed E-state index contributed by atoms with van der Waals surface area (Å²) in [6, 6.07) is 7.32. The van der Waals surface area contributed by atoms with Crippen molar-refractivity contribution in [3.05, 3.63) is 23.8 Å². The molecule has 3 aliphatic heterocycles. The van der Waals surface area contributed by atoms with Gasteiger partial charge in [-0.3, -0.25) is 4.90 Å². The zero-order valence-electron chi connectivity index (χ0n) is 15.3. The van der Waals surface area contributed by atoms with Crippen molar-refractivity contribution < 1.29 is 9.47 Å². The highest BCUT2D eigenvalue weighted by Crippen LogP contribution is 2.73. The minimum Gasteiger partial charge on any atom is -0.495 e.